The van der Waals surface area contributed by atoms with E-state index in [-0.39, 0.29) is 6.10 Å². The number of pyridine rings is 1. The van der Waals surface area contributed by atoms with Crippen LogP contribution in [0, 0.1) is 11.6 Å². The molecule has 0 amide bonds. The van der Waals surface area contributed by atoms with Gasteiger partial charge in [-0.05, 0) is 55.5 Å². The summed E-state index contributed by atoms with van der Waals surface area (Å²) in [6, 6.07) is 5.86. The van der Waals surface area contributed by atoms with Crippen LogP contribution in [0.25, 0.3) is 11.1 Å². The van der Waals surface area contributed by atoms with E-state index < -0.39 is 17.3 Å². The molecular weight excluding hydrogens is 274 g/mol. The Morgan fingerprint density at radius 3 is 2.48 bits per heavy atom. The van der Waals surface area contributed by atoms with Crippen molar-refractivity contribution in [1.29, 1.82) is 0 Å². The molecule has 0 spiro atoms. The Labute approximate surface area is 121 Å². The highest BCUT2D eigenvalue weighted by molar-refractivity contribution is 5.70. The van der Waals surface area contributed by atoms with E-state index in [4.69, 9.17) is 10.5 Å². The summed E-state index contributed by atoms with van der Waals surface area (Å²) in [5.74, 6) is -1.14. The monoisotopic (exact) mass is 290 g/mol. The molecule has 0 bridgehead atoms. The van der Waals surface area contributed by atoms with Crippen LogP contribution >= 0.6 is 0 Å². The van der Waals surface area contributed by atoms with Crippen LogP contribution < -0.4 is 10.5 Å². The van der Waals surface area contributed by atoms with E-state index in [0.717, 1.165) is 25.7 Å². The average molecular weight is 290 g/mol. The Morgan fingerprint density at radius 1 is 1.14 bits per heavy atom. The van der Waals surface area contributed by atoms with Crippen molar-refractivity contribution < 1.29 is 13.5 Å². The number of nitrogens with two attached hydrogens (primary N) is 1. The highest BCUT2D eigenvalue weighted by atomic mass is 19.1. The average Bonchev–Trinajstić information content (AvgIpc) is 2.98. The molecule has 0 unspecified atom stereocenters. The molecule has 0 atom stereocenters. The van der Waals surface area contributed by atoms with Gasteiger partial charge >= 0.3 is 0 Å². The lowest BCUT2D eigenvalue weighted by Crippen LogP contribution is -2.12. The number of benzene rings is 1. The van der Waals surface area contributed by atoms with Gasteiger partial charge in [-0.25, -0.2) is 13.8 Å². The summed E-state index contributed by atoms with van der Waals surface area (Å²) in [6.45, 7) is 0. The van der Waals surface area contributed by atoms with Gasteiger partial charge in [-0.1, -0.05) is 0 Å². The minimum Gasteiger partial charge on any atom is -0.474 e. The topological polar surface area (TPSA) is 48.1 Å². The maximum atomic E-state index is 13.6. The summed E-state index contributed by atoms with van der Waals surface area (Å²) < 4.78 is 33.2. The summed E-state index contributed by atoms with van der Waals surface area (Å²) in [5, 5.41) is 0. The van der Waals surface area contributed by atoms with Crippen molar-refractivity contribution in [1.82, 2.24) is 4.98 Å². The molecule has 3 rings (SSSR count). The molecule has 0 radical (unpaired) electrons. The third-order valence-corrected chi connectivity index (χ3v) is 3.74. The Balaban J connectivity index is 1.98. The summed E-state index contributed by atoms with van der Waals surface area (Å²) in [5.41, 5.74) is 5.78. The van der Waals surface area contributed by atoms with Gasteiger partial charge in [0.15, 0.2) is 0 Å². The molecule has 3 nitrogen and oxygen atoms in total. The van der Waals surface area contributed by atoms with Crippen molar-refractivity contribution in [3.8, 4) is 17.0 Å². The Hall–Kier alpha value is -2.17. The number of nitrogens with zero attached hydrogens (tertiary/aromatic N) is 1. The quantitative estimate of drug-likeness (QED) is 0.871. The number of ether oxygens (including phenoxy) is 1. The van der Waals surface area contributed by atoms with Crippen molar-refractivity contribution in [3.05, 3.63) is 42.1 Å². The van der Waals surface area contributed by atoms with E-state index in [1.165, 1.54) is 12.1 Å². The third-order valence-electron chi connectivity index (χ3n) is 3.74. The Morgan fingerprint density at radius 2 is 1.81 bits per heavy atom. The molecule has 5 heteroatoms. The van der Waals surface area contributed by atoms with E-state index >= 15 is 0 Å². The predicted octanol–water partition coefficient (Wildman–Crippen LogP) is 3.93. The Kier molecular flexibility index (Phi) is 3.73. The van der Waals surface area contributed by atoms with Gasteiger partial charge < -0.3 is 10.5 Å². The van der Waals surface area contributed by atoms with Crippen molar-refractivity contribution >= 4 is 5.69 Å². The second kappa shape index (κ2) is 5.68. The normalized spacial score (nSPS) is 15.3. The van der Waals surface area contributed by atoms with Crippen LogP contribution in [0.4, 0.5) is 14.5 Å². The molecule has 1 heterocycles. The van der Waals surface area contributed by atoms with Crippen LogP contribution in [0.5, 0.6) is 5.88 Å². The fourth-order valence-electron chi connectivity index (χ4n) is 2.61. The minimum atomic E-state index is -0.777. The van der Waals surface area contributed by atoms with Crippen molar-refractivity contribution in [2.75, 3.05) is 5.73 Å². The molecule has 1 aromatic heterocycles. The molecule has 2 aromatic rings. The van der Waals surface area contributed by atoms with Gasteiger partial charge in [0, 0.05) is 11.8 Å². The summed E-state index contributed by atoms with van der Waals surface area (Å²) >= 11 is 0. The SMILES string of the molecule is Nc1c(F)cc(-c2cccnc2OC2CCCC2)cc1F. The fraction of sp³-hybridized carbons (Fsp3) is 0.312. The fourth-order valence-corrected chi connectivity index (χ4v) is 2.61. The largest absolute Gasteiger partial charge is 0.474 e. The highest BCUT2D eigenvalue weighted by Gasteiger charge is 2.20. The zero-order chi connectivity index (χ0) is 14.8. The van der Waals surface area contributed by atoms with Crippen LogP contribution in [0.15, 0.2) is 30.5 Å². The molecule has 1 aliphatic carbocycles. The number of nitrogen functional groups attached to an aromatic ring is 1. The number of hydrogen-bond acceptors (Lipinski definition) is 3. The molecule has 2 N–H and O–H groups in total. The number of anilines is 1. The maximum Gasteiger partial charge on any atom is 0.221 e. The Bertz CT molecular complexity index is 631. The third kappa shape index (κ3) is 2.82. The first-order valence-corrected chi connectivity index (χ1v) is 7.01. The van der Waals surface area contributed by atoms with Gasteiger partial charge in [-0.15, -0.1) is 0 Å². The van der Waals surface area contributed by atoms with Crippen molar-refractivity contribution in [3.63, 3.8) is 0 Å². The summed E-state index contributed by atoms with van der Waals surface area (Å²) in [4.78, 5) is 4.20. The van der Waals surface area contributed by atoms with E-state index in [9.17, 15) is 8.78 Å². The lowest BCUT2D eigenvalue weighted by molar-refractivity contribution is 0.202. The molecule has 21 heavy (non-hydrogen) atoms. The number of hydrogen-bond donors (Lipinski definition) is 1. The van der Waals surface area contributed by atoms with Crippen LogP contribution in [-0.2, 0) is 0 Å². The van der Waals surface area contributed by atoms with Gasteiger partial charge in [0.2, 0.25) is 5.88 Å². The lowest BCUT2D eigenvalue weighted by atomic mass is 10.1. The number of rotatable bonds is 3. The highest BCUT2D eigenvalue weighted by Crippen LogP contribution is 2.33. The molecule has 0 saturated heterocycles. The second-order valence-electron chi connectivity index (χ2n) is 5.23. The standard InChI is InChI=1S/C16H16F2N2O/c17-13-8-10(9-14(18)15(13)19)12-6-3-7-20-16(12)21-11-4-1-2-5-11/h3,6-9,11H,1-2,4-5,19H2. The second-order valence-corrected chi connectivity index (χ2v) is 5.23. The van der Waals surface area contributed by atoms with Crippen LogP contribution in [0.1, 0.15) is 25.7 Å². The van der Waals surface area contributed by atoms with Gasteiger partial charge in [-0.2, -0.15) is 0 Å². The first-order valence-electron chi connectivity index (χ1n) is 7.01. The van der Waals surface area contributed by atoms with E-state index in [1.54, 1.807) is 18.3 Å². The summed E-state index contributed by atoms with van der Waals surface area (Å²) in [6.07, 6.45) is 5.98. The minimum absolute atomic E-state index is 0.127. The lowest BCUT2D eigenvalue weighted by Gasteiger charge is -2.15. The zero-order valence-electron chi connectivity index (χ0n) is 11.5. The summed E-state index contributed by atoms with van der Waals surface area (Å²) in [7, 11) is 0. The van der Waals surface area contributed by atoms with Gasteiger partial charge in [0.1, 0.15) is 23.4 Å². The molecule has 110 valence electrons. The number of halogens is 2. The van der Waals surface area contributed by atoms with Crippen LogP contribution in [0.3, 0.4) is 0 Å². The van der Waals surface area contributed by atoms with Crippen LogP contribution in [-0.4, -0.2) is 11.1 Å². The number of aromatic nitrogens is 1. The zero-order valence-corrected chi connectivity index (χ0v) is 11.5. The van der Waals surface area contributed by atoms with E-state index in [2.05, 4.69) is 4.98 Å². The van der Waals surface area contributed by atoms with Gasteiger partial charge in [-0.3, -0.25) is 0 Å². The van der Waals surface area contributed by atoms with Crippen molar-refractivity contribution in [2.45, 2.75) is 31.8 Å². The predicted molar refractivity (Wildman–Crippen MR) is 76.9 cm³/mol. The van der Waals surface area contributed by atoms with Crippen molar-refractivity contribution in [2.24, 2.45) is 0 Å². The van der Waals surface area contributed by atoms with Gasteiger partial charge in [0.25, 0.3) is 0 Å². The maximum absolute atomic E-state index is 13.6. The molecule has 0 aliphatic heterocycles. The van der Waals surface area contributed by atoms with E-state index in [0.29, 0.717) is 17.0 Å². The van der Waals surface area contributed by atoms with E-state index in [1.807, 2.05) is 0 Å². The molecule has 1 aromatic carbocycles. The first-order chi connectivity index (χ1) is 10.1. The molecular formula is C16H16F2N2O. The smallest absolute Gasteiger partial charge is 0.221 e. The molecule has 1 aliphatic rings. The molecule has 1 saturated carbocycles. The molecule has 1 fully saturated rings. The van der Waals surface area contributed by atoms with Gasteiger partial charge in [0.05, 0.1) is 0 Å². The first kappa shape index (κ1) is 13.8. The van der Waals surface area contributed by atoms with Crippen LogP contribution in [0.2, 0.25) is 0 Å².